The molecule has 5 rings (SSSR count). The Hall–Kier alpha value is -4.27. The maximum Gasteiger partial charge on any atom is 0.357 e. The minimum absolute atomic E-state index is 0.0675. The van der Waals surface area contributed by atoms with Gasteiger partial charge >= 0.3 is 5.97 Å². The zero-order valence-electron chi connectivity index (χ0n) is 15.1. The van der Waals surface area contributed by atoms with Crippen LogP contribution in [-0.2, 0) is 0 Å². The lowest BCUT2D eigenvalue weighted by Gasteiger charge is -2.07. The molecule has 0 radical (unpaired) electrons. The van der Waals surface area contributed by atoms with Crippen LogP contribution >= 0.6 is 0 Å². The number of pyridine rings is 4. The van der Waals surface area contributed by atoms with Gasteiger partial charge in [-0.05, 0) is 24.3 Å². The van der Waals surface area contributed by atoms with E-state index in [1.807, 2.05) is 6.07 Å². The molecule has 0 aliphatic rings. The molecular weight excluding hydrogens is 392 g/mol. The molecule has 0 bridgehead atoms. The highest BCUT2D eigenvalue weighted by Gasteiger charge is 2.20. The summed E-state index contributed by atoms with van der Waals surface area (Å²) in [5.74, 6) is -3.24. The molecule has 5 aromatic rings. The molecule has 0 aliphatic carbocycles. The first-order valence-electron chi connectivity index (χ1n) is 8.78. The van der Waals surface area contributed by atoms with E-state index in [0.29, 0.717) is 27.6 Å². The summed E-state index contributed by atoms with van der Waals surface area (Å²) in [6.07, 6.45) is 7.06. The van der Waals surface area contributed by atoms with E-state index < -0.39 is 23.3 Å². The Morgan fingerprint density at radius 2 is 1.83 bits per heavy atom. The number of nitrogens with zero attached hydrogens (tertiary/aromatic N) is 4. The molecule has 5 heterocycles. The van der Waals surface area contributed by atoms with Crippen molar-refractivity contribution in [3.8, 4) is 22.4 Å². The van der Waals surface area contributed by atoms with Crippen LogP contribution in [-0.4, -0.2) is 36.0 Å². The number of fused-ring (bicyclic) bond motifs is 3. The quantitative estimate of drug-likeness (QED) is 0.468. The van der Waals surface area contributed by atoms with E-state index in [-0.39, 0.29) is 11.1 Å². The van der Waals surface area contributed by atoms with Crippen molar-refractivity contribution < 1.29 is 18.7 Å². The summed E-state index contributed by atoms with van der Waals surface area (Å²) in [7, 11) is 0. The second kappa shape index (κ2) is 6.66. The molecule has 0 aliphatic heterocycles. The number of rotatable bonds is 3. The van der Waals surface area contributed by atoms with Crippen LogP contribution in [0, 0.1) is 11.6 Å². The monoisotopic (exact) mass is 403 g/mol. The van der Waals surface area contributed by atoms with Crippen molar-refractivity contribution in [2.24, 2.45) is 0 Å². The fourth-order valence-electron chi connectivity index (χ4n) is 3.42. The standard InChI is InChI=1S/C21H11F2N5O2/c22-13-4-11(7-26-19(13)21(29)30)17-14(23)8-27-20-18(17)12-5-15(25-9-16(12)28-20)10-2-1-3-24-6-10/h1-9H,(H,27,28)(H,29,30). The van der Waals surface area contributed by atoms with E-state index in [4.69, 9.17) is 5.11 Å². The topological polar surface area (TPSA) is 105 Å². The molecule has 0 unspecified atom stereocenters. The van der Waals surface area contributed by atoms with Crippen molar-refractivity contribution in [1.82, 2.24) is 24.9 Å². The predicted molar refractivity (Wildman–Crippen MR) is 105 cm³/mol. The number of aromatic amines is 1. The average molecular weight is 403 g/mol. The van der Waals surface area contributed by atoms with E-state index in [9.17, 15) is 13.6 Å². The Bertz CT molecular complexity index is 1450. The summed E-state index contributed by atoms with van der Waals surface area (Å²) in [5, 5.41) is 10.0. The van der Waals surface area contributed by atoms with Gasteiger partial charge in [0.25, 0.3) is 0 Å². The second-order valence-electron chi connectivity index (χ2n) is 6.55. The highest BCUT2D eigenvalue weighted by atomic mass is 19.1. The number of carboxylic acid groups (broad SMARTS) is 1. The number of nitrogens with one attached hydrogen (secondary N) is 1. The zero-order valence-corrected chi connectivity index (χ0v) is 15.1. The van der Waals surface area contributed by atoms with Crippen LogP contribution in [0.4, 0.5) is 8.78 Å². The Morgan fingerprint density at radius 3 is 2.57 bits per heavy atom. The highest BCUT2D eigenvalue weighted by Crippen LogP contribution is 2.36. The van der Waals surface area contributed by atoms with Gasteiger partial charge in [-0.15, -0.1) is 0 Å². The smallest absolute Gasteiger partial charge is 0.357 e. The van der Waals surface area contributed by atoms with Crippen LogP contribution in [0.1, 0.15) is 10.5 Å². The van der Waals surface area contributed by atoms with Gasteiger partial charge in [0.15, 0.2) is 11.5 Å². The molecule has 5 aromatic heterocycles. The number of halogens is 2. The van der Waals surface area contributed by atoms with Gasteiger partial charge < -0.3 is 10.1 Å². The first-order valence-corrected chi connectivity index (χ1v) is 8.78. The summed E-state index contributed by atoms with van der Waals surface area (Å²) in [4.78, 5) is 30.4. The third-order valence-electron chi connectivity index (χ3n) is 4.75. The van der Waals surface area contributed by atoms with Gasteiger partial charge in [0.1, 0.15) is 11.5 Å². The van der Waals surface area contributed by atoms with Gasteiger partial charge in [-0.3, -0.25) is 9.97 Å². The fourth-order valence-corrected chi connectivity index (χ4v) is 3.42. The molecule has 0 atom stereocenters. The van der Waals surface area contributed by atoms with Crippen molar-refractivity contribution in [3.05, 3.63) is 72.6 Å². The maximum atomic E-state index is 14.9. The van der Waals surface area contributed by atoms with Crippen molar-refractivity contribution in [1.29, 1.82) is 0 Å². The van der Waals surface area contributed by atoms with Gasteiger partial charge in [-0.1, -0.05) is 0 Å². The van der Waals surface area contributed by atoms with Crippen molar-refractivity contribution in [2.45, 2.75) is 0 Å². The largest absolute Gasteiger partial charge is 0.476 e. The van der Waals surface area contributed by atoms with E-state index >= 15 is 0 Å². The molecule has 0 fully saturated rings. The van der Waals surface area contributed by atoms with Crippen LogP contribution in [0.3, 0.4) is 0 Å². The third-order valence-corrected chi connectivity index (χ3v) is 4.75. The van der Waals surface area contributed by atoms with Gasteiger partial charge in [-0.25, -0.2) is 23.5 Å². The van der Waals surface area contributed by atoms with Gasteiger partial charge in [-0.2, -0.15) is 0 Å². The fraction of sp³-hybridized carbons (Fsp3) is 0. The molecule has 9 heteroatoms. The summed E-state index contributed by atoms with van der Waals surface area (Å²) >= 11 is 0. The van der Waals surface area contributed by atoms with Crippen LogP contribution in [0.5, 0.6) is 0 Å². The Kier molecular flexibility index (Phi) is 3.95. The summed E-state index contributed by atoms with van der Waals surface area (Å²) < 4.78 is 29.1. The third kappa shape index (κ3) is 2.75. The lowest BCUT2D eigenvalue weighted by atomic mass is 10.0. The lowest BCUT2D eigenvalue weighted by Crippen LogP contribution is -2.04. The summed E-state index contributed by atoms with van der Waals surface area (Å²) in [6, 6.07) is 6.35. The number of hydrogen-bond donors (Lipinski definition) is 2. The SMILES string of the molecule is O=C(O)c1ncc(-c2c(F)cnc3[nH]c4cnc(-c5cccnc5)cc4c23)cc1F. The Morgan fingerprint density at radius 1 is 0.967 bits per heavy atom. The Labute approximate surface area is 167 Å². The van der Waals surface area contributed by atoms with Crippen molar-refractivity contribution >= 4 is 27.9 Å². The highest BCUT2D eigenvalue weighted by molar-refractivity contribution is 6.13. The van der Waals surface area contributed by atoms with E-state index in [1.54, 1.807) is 30.7 Å². The average Bonchev–Trinajstić information content (AvgIpc) is 3.12. The number of hydrogen-bond acceptors (Lipinski definition) is 5. The normalized spacial score (nSPS) is 11.3. The molecule has 30 heavy (non-hydrogen) atoms. The molecule has 0 saturated carbocycles. The van der Waals surface area contributed by atoms with E-state index in [2.05, 4.69) is 24.9 Å². The zero-order chi connectivity index (χ0) is 20.8. The van der Waals surface area contributed by atoms with Crippen LogP contribution in [0.2, 0.25) is 0 Å². The second-order valence-corrected chi connectivity index (χ2v) is 6.55. The molecule has 0 amide bonds. The molecule has 146 valence electrons. The van der Waals surface area contributed by atoms with E-state index in [0.717, 1.165) is 24.0 Å². The number of carboxylic acids is 1. The first kappa shape index (κ1) is 17.8. The van der Waals surface area contributed by atoms with Crippen LogP contribution in [0.25, 0.3) is 44.3 Å². The molecule has 2 N–H and O–H groups in total. The minimum Gasteiger partial charge on any atom is -0.476 e. The number of aromatic carboxylic acids is 1. The maximum absolute atomic E-state index is 14.9. The number of H-pyrrole nitrogens is 1. The molecule has 0 spiro atoms. The molecular formula is C21H11F2N5O2. The van der Waals surface area contributed by atoms with Crippen LogP contribution < -0.4 is 0 Å². The van der Waals surface area contributed by atoms with E-state index in [1.165, 1.54) is 0 Å². The van der Waals surface area contributed by atoms with Crippen molar-refractivity contribution in [3.63, 3.8) is 0 Å². The molecule has 0 aromatic carbocycles. The summed E-state index contributed by atoms with van der Waals surface area (Å²) in [6.45, 7) is 0. The lowest BCUT2D eigenvalue weighted by molar-refractivity contribution is 0.0685. The van der Waals surface area contributed by atoms with Crippen LogP contribution in [0.15, 0.2) is 55.2 Å². The van der Waals surface area contributed by atoms with Crippen molar-refractivity contribution in [2.75, 3.05) is 0 Å². The predicted octanol–water partition coefficient (Wildman–Crippen LogP) is 4.21. The Balaban J connectivity index is 1.80. The summed E-state index contributed by atoms with van der Waals surface area (Å²) in [5.41, 5.74) is 1.84. The van der Waals surface area contributed by atoms with Gasteiger partial charge in [0.05, 0.1) is 23.6 Å². The van der Waals surface area contributed by atoms with Gasteiger partial charge in [0, 0.05) is 46.1 Å². The van der Waals surface area contributed by atoms with Gasteiger partial charge in [0.2, 0.25) is 0 Å². The minimum atomic E-state index is -1.50. The molecule has 0 saturated heterocycles. The number of carbonyl (C=O) groups is 1. The first-order chi connectivity index (χ1) is 14.5. The molecule has 7 nitrogen and oxygen atoms in total. The number of aromatic nitrogens is 5.